The number of anilines is 1. The molecule has 0 bridgehead atoms. The van der Waals surface area contributed by atoms with Gasteiger partial charge in [0.15, 0.2) is 0 Å². The highest BCUT2D eigenvalue weighted by Crippen LogP contribution is 2.49. The lowest BCUT2D eigenvalue weighted by Gasteiger charge is -2.30. The molecule has 3 nitrogen and oxygen atoms in total. The van der Waals surface area contributed by atoms with Gasteiger partial charge in [0.25, 0.3) is 5.60 Å². The molecule has 1 unspecified atom stereocenters. The monoisotopic (exact) mass is 471 g/mol. The zero-order valence-electron chi connectivity index (χ0n) is 15.2. The van der Waals surface area contributed by atoms with Crippen molar-refractivity contribution in [2.75, 3.05) is 11.4 Å². The highest BCUT2D eigenvalue weighted by molar-refractivity contribution is 6.34. The Balaban J connectivity index is 2.11. The first kappa shape index (κ1) is 22.6. The molecule has 1 heterocycles. The zero-order chi connectivity index (χ0) is 22.5. The van der Waals surface area contributed by atoms with Gasteiger partial charge in [0, 0.05) is 21.3 Å². The largest absolute Gasteiger partial charge is 0.434 e. The number of carbonyl (C=O) groups excluding carboxylic acids is 1. The molecule has 162 valence electrons. The van der Waals surface area contributed by atoms with Crippen molar-refractivity contribution in [1.82, 2.24) is 0 Å². The van der Waals surface area contributed by atoms with Gasteiger partial charge in [0.2, 0.25) is 0 Å². The fraction of sp³-hybridized carbons (Fsp3) is 0.316. The van der Waals surface area contributed by atoms with Crippen molar-refractivity contribution in [2.45, 2.75) is 31.3 Å². The van der Waals surface area contributed by atoms with E-state index in [1.54, 1.807) is 0 Å². The first-order valence-electron chi connectivity index (χ1n) is 8.52. The summed E-state index contributed by atoms with van der Waals surface area (Å²) in [5.74, 6) is 0. The van der Waals surface area contributed by atoms with Gasteiger partial charge in [-0.05, 0) is 42.3 Å². The van der Waals surface area contributed by atoms with Crippen LogP contribution < -0.4 is 4.90 Å². The number of nitrogens with zero attached hydrogens (tertiary/aromatic N) is 1. The summed E-state index contributed by atoms with van der Waals surface area (Å²) in [4.78, 5) is 12.9. The van der Waals surface area contributed by atoms with Crippen molar-refractivity contribution in [3.8, 4) is 0 Å². The fourth-order valence-electron chi connectivity index (χ4n) is 3.27. The summed E-state index contributed by atoms with van der Waals surface area (Å²) in [7, 11) is 0. The second-order valence-corrected chi connectivity index (χ2v) is 7.50. The summed E-state index contributed by atoms with van der Waals surface area (Å²) >= 11 is 11.6. The number of alkyl halides is 6. The van der Waals surface area contributed by atoms with Crippen LogP contribution in [0.4, 0.5) is 36.8 Å². The van der Waals surface area contributed by atoms with Crippen LogP contribution in [0.15, 0.2) is 36.4 Å². The number of halogens is 8. The van der Waals surface area contributed by atoms with Crippen molar-refractivity contribution in [1.29, 1.82) is 0 Å². The first-order chi connectivity index (χ1) is 13.8. The maximum Gasteiger partial charge on any atom is 0.434 e. The van der Waals surface area contributed by atoms with Crippen LogP contribution in [0.3, 0.4) is 0 Å². The SMILES string of the molecule is CCc1ccc(N2CC(c3cc(Cl)cc(Cl)c3)(C(F)(F)F)OC2=O)cc1C(F)(F)F. The molecule has 2 aromatic carbocycles. The molecular weight excluding hydrogens is 459 g/mol. The van der Waals surface area contributed by atoms with E-state index < -0.39 is 41.7 Å². The van der Waals surface area contributed by atoms with Gasteiger partial charge >= 0.3 is 18.4 Å². The molecule has 0 aliphatic carbocycles. The average Bonchev–Trinajstić information content (AvgIpc) is 2.98. The predicted molar refractivity (Wildman–Crippen MR) is 98.8 cm³/mol. The van der Waals surface area contributed by atoms with Crippen LogP contribution in [0.25, 0.3) is 0 Å². The molecule has 1 fully saturated rings. The van der Waals surface area contributed by atoms with Crippen molar-refractivity contribution >= 4 is 35.0 Å². The molecule has 30 heavy (non-hydrogen) atoms. The Morgan fingerprint density at radius 3 is 2.13 bits per heavy atom. The van der Waals surface area contributed by atoms with Crippen LogP contribution in [0.1, 0.15) is 23.6 Å². The second kappa shape index (κ2) is 7.53. The molecule has 3 rings (SSSR count). The lowest BCUT2D eigenvalue weighted by molar-refractivity contribution is -0.250. The maximum absolute atomic E-state index is 14.0. The second-order valence-electron chi connectivity index (χ2n) is 6.63. The van der Waals surface area contributed by atoms with Gasteiger partial charge in [-0.1, -0.05) is 36.2 Å². The Morgan fingerprint density at radius 2 is 1.63 bits per heavy atom. The summed E-state index contributed by atoms with van der Waals surface area (Å²) in [6.45, 7) is 0.403. The van der Waals surface area contributed by atoms with Crippen LogP contribution in [-0.4, -0.2) is 18.8 Å². The van der Waals surface area contributed by atoms with Crippen molar-refractivity contribution in [3.63, 3.8) is 0 Å². The number of rotatable bonds is 3. The van der Waals surface area contributed by atoms with E-state index in [4.69, 9.17) is 27.9 Å². The molecule has 11 heteroatoms. The average molecular weight is 472 g/mol. The number of benzene rings is 2. The molecule has 1 atom stereocenters. The standard InChI is InChI=1S/C19H13Cl2F6NO2/c1-2-10-3-4-14(8-15(10)18(22,23)24)28-9-17(19(25,26)27,30-16(28)29)11-5-12(20)7-13(21)6-11/h3-8H,2,9H2,1H3. The van der Waals surface area contributed by atoms with Crippen molar-refractivity contribution in [2.24, 2.45) is 0 Å². The Morgan fingerprint density at radius 1 is 1.03 bits per heavy atom. The molecule has 1 aliphatic rings. The lowest BCUT2D eigenvalue weighted by atomic mass is 9.92. The van der Waals surface area contributed by atoms with Crippen LogP contribution >= 0.6 is 23.2 Å². The summed E-state index contributed by atoms with van der Waals surface area (Å²) in [6, 6.07) is 5.99. The normalized spacial score (nSPS) is 19.9. The van der Waals surface area contributed by atoms with Gasteiger partial charge in [-0.2, -0.15) is 26.3 Å². The van der Waals surface area contributed by atoms with Crippen LogP contribution in [0.5, 0.6) is 0 Å². The predicted octanol–water partition coefficient (Wildman–Crippen LogP) is 6.99. The van der Waals surface area contributed by atoms with E-state index >= 15 is 0 Å². The molecule has 0 saturated carbocycles. The number of ether oxygens (including phenoxy) is 1. The molecule has 1 amide bonds. The molecule has 1 saturated heterocycles. The number of cyclic esters (lactones) is 1. The van der Waals surface area contributed by atoms with E-state index in [0.717, 1.165) is 24.3 Å². The van der Waals surface area contributed by atoms with Crippen molar-refractivity contribution < 1.29 is 35.9 Å². The van der Waals surface area contributed by atoms with E-state index in [2.05, 4.69) is 0 Å². The first-order valence-corrected chi connectivity index (χ1v) is 9.28. The topological polar surface area (TPSA) is 29.5 Å². The Kier molecular flexibility index (Phi) is 5.66. The highest BCUT2D eigenvalue weighted by atomic mass is 35.5. The highest BCUT2D eigenvalue weighted by Gasteiger charge is 2.65. The van der Waals surface area contributed by atoms with Crippen LogP contribution in [0, 0.1) is 0 Å². The van der Waals surface area contributed by atoms with Crippen LogP contribution in [0.2, 0.25) is 10.0 Å². The van der Waals surface area contributed by atoms with Gasteiger partial charge in [-0.3, -0.25) is 4.90 Å². The van der Waals surface area contributed by atoms with Gasteiger partial charge in [0.1, 0.15) is 0 Å². The van der Waals surface area contributed by atoms with Gasteiger partial charge < -0.3 is 4.74 Å². The summed E-state index contributed by atoms with van der Waals surface area (Å²) in [5.41, 5.74) is -5.15. The minimum Gasteiger partial charge on any atom is -0.426 e. The van der Waals surface area contributed by atoms with E-state index in [-0.39, 0.29) is 27.7 Å². The minimum absolute atomic E-state index is 0.0487. The minimum atomic E-state index is -5.10. The van der Waals surface area contributed by atoms with Gasteiger partial charge in [-0.15, -0.1) is 0 Å². The van der Waals surface area contributed by atoms with E-state index in [1.165, 1.54) is 13.0 Å². The quantitative estimate of drug-likeness (QED) is 0.451. The molecule has 0 N–H and O–H groups in total. The molecule has 1 aliphatic heterocycles. The number of aryl methyl sites for hydroxylation is 1. The molecular formula is C19H13Cl2F6NO2. The third kappa shape index (κ3) is 3.92. The van der Waals surface area contributed by atoms with E-state index in [0.29, 0.717) is 11.0 Å². The van der Waals surface area contributed by atoms with Gasteiger partial charge in [-0.25, -0.2) is 4.79 Å². The fourth-order valence-corrected chi connectivity index (χ4v) is 3.80. The smallest absolute Gasteiger partial charge is 0.426 e. The Labute approximate surface area is 177 Å². The van der Waals surface area contributed by atoms with E-state index in [9.17, 15) is 31.1 Å². The number of hydrogen-bond donors (Lipinski definition) is 0. The van der Waals surface area contributed by atoms with E-state index in [1.807, 2.05) is 0 Å². The molecule has 0 aromatic heterocycles. The summed E-state index contributed by atoms with van der Waals surface area (Å²) < 4.78 is 86.9. The number of carbonyl (C=O) groups is 1. The Bertz CT molecular complexity index is 972. The lowest BCUT2D eigenvalue weighted by Crippen LogP contribution is -2.46. The number of amides is 1. The summed E-state index contributed by atoms with van der Waals surface area (Å²) in [6.07, 6.45) is -11.2. The number of hydrogen-bond acceptors (Lipinski definition) is 2. The van der Waals surface area contributed by atoms with Crippen LogP contribution in [-0.2, 0) is 22.9 Å². The third-order valence-electron chi connectivity index (χ3n) is 4.74. The maximum atomic E-state index is 14.0. The molecule has 0 spiro atoms. The van der Waals surface area contributed by atoms with Gasteiger partial charge in [0.05, 0.1) is 12.1 Å². The van der Waals surface area contributed by atoms with Crippen molar-refractivity contribution in [3.05, 3.63) is 63.1 Å². The third-order valence-corrected chi connectivity index (χ3v) is 5.18. The molecule has 0 radical (unpaired) electrons. The molecule has 2 aromatic rings. The summed E-state index contributed by atoms with van der Waals surface area (Å²) in [5, 5.41) is -0.246. The zero-order valence-corrected chi connectivity index (χ0v) is 16.7. The Hall–Kier alpha value is -2.13.